The first-order valence-electron chi connectivity index (χ1n) is 4.26. The number of halogens is 1. The van der Waals surface area contributed by atoms with Crippen molar-refractivity contribution < 1.29 is 13.9 Å². The SMILES string of the molecule is COc1ccc([C@@H](N)CF)c(OC)c1. The Morgan fingerprint density at radius 1 is 1.36 bits per heavy atom. The summed E-state index contributed by atoms with van der Waals surface area (Å²) < 4.78 is 22.5. The van der Waals surface area contributed by atoms with Crippen LogP contribution in [0, 0.1) is 0 Å². The predicted molar refractivity (Wildman–Crippen MR) is 52.4 cm³/mol. The fraction of sp³-hybridized carbons (Fsp3) is 0.400. The van der Waals surface area contributed by atoms with Gasteiger partial charge >= 0.3 is 0 Å². The summed E-state index contributed by atoms with van der Waals surface area (Å²) in [5.74, 6) is 1.21. The molecule has 0 aliphatic heterocycles. The molecule has 78 valence electrons. The van der Waals surface area contributed by atoms with Crippen molar-refractivity contribution >= 4 is 0 Å². The number of hydrogen-bond acceptors (Lipinski definition) is 3. The molecule has 14 heavy (non-hydrogen) atoms. The second-order valence-corrected chi connectivity index (χ2v) is 2.87. The maximum absolute atomic E-state index is 12.4. The molecular weight excluding hydrogens is 185 g/mol. The molecule has 0 aliphatic rings. The largest absolute Gasteiger partial charge is 0.497 e. The molecular formula is C10H14FNO2. The van der Waals surface area contributed by atoms with Crippen molar-refractivity contribution in [1.82, 2.24) is 0 Å². The molecule has 1 atom stereocenters. The molecule has 4 heteroatoms. The minimum Gasteiger partial charge on any atom is -0.497 e. The number of alkyl halides is 1. The summed E-state index contributed by atoms with van der Waals surface area (Å²) in [6.07, 6.45) is 0. The third kappa shape index (κ3) is 2.14. The average Bonchev–Trinajstić information content (AvgIpc) is 2.27. The monoisotopic (exact) mass is 199 g/mol. The molecule has 0 aliphatic carbocycles. The molecule has 0 unspecified atom stereocenters. The van der Waals surface area contributed by atoms with Crippen LogP contribution >= 0.6 is 0 Å². The minimum absolute atomic E-state index is 0.550. The van der Waals surface area contributed by atoms with E-state index in [1.54, 1.807) is 25.3 Å². The summed E-state index contributed by atoms with van der Waals surface area (Å²) in [5, 5.41) is 0. The molecule has 0 saturated carbocycles. The van der Waals surface area contributed by atoms with E-state index in [0.29, 0.717) is 17.1 Å². The van der Waals surface area contributed by atoms with Crippen LogP contribution < -0.4 is 15.2 Å². The van der Waals surface area contributed by atoms with Crippen LogP contribution in [-0.2, 0) is 0 Å². The van der Waals surface area contributed by atoms with Crippen LogP contribution in [0.1, 0.15) is 11.6 Å². The van der Waals surface area contributed by atoms with E-state index < -0.39 is 12.7 Å². The highest BCUT2D eigenvalue weighted by Crippen LogP contribution is 2.28. The Bertz CT molecular complexity index is 304. The highest BCUT2D eigenvalue weighted by molar-refractivity contribution is 5.42. The maximum Gasteiger partial charge on any atom is 0.127 e. The molecule has 3 nitrogen and oxygen atoms in total. The molecule has 0 fully saturated rings. The average molecular weight is 199 g/mol. The number of methoxy groups -OCH3 is 2. The Labute approximate surface area is 82.6 Å². The van der Waals surface area contributed by atoms with E-state index in [1.807, 2.05) is 0 Å². The molecule has 2 N–H and O–H groups in total. The summed E-state index contributed by atoms with van der Waals surface area (Å²) >= 11 is 0. The lowest BCUT2D eigenvalue weighted by Crippen LogP contribution is -2.13. The smallest absolute Gasteiger partial charge is 0.127 e. The van der Waals surface area contributed by atoms with Crippen molar-refractivity contribution in [1.29, 1.82) is 0 Å². The first-order valence-corrected chi connectivity index (χ1v) is 4.26. The Morgan fingerprint density at radius 3 is 2.57 bits per heavy atom. The Morgan fingerprint density at radius 2 is 2.07 bits per heavy atom. The Hall–Kier alpha value is -1.29. The van der Waals surface area contributed by atoms with Gasteiger partial charge in [-0.3, -0.25) is 0 Å². The summed E-state index contributed by atoms with van der Waals surface area (Å²) in [5.41, 5.74) is 6.22. The van der Waals surface area contributed by atoms with Gasteiger partial charge in [0.15, 0.2) is 0 Å². The van der Waals surface area contributed by atoms with Crippen LogP contribution in [-0.4, -0.2) is 20.9 Å². The van der Waals surface area contributed by atoms with Crippen LogP contribution in [0.2, 0.25) is 0 Å². The van der Waals surface area contributed by atoms with E-state index >= 15 is 0 Å². The van der Waals surface area contributed by atoms with Gasteiger partial charge in [0.1, 0.15) is 18.2 Å². The second-order valence-electron chi connectivity index (χ2n) is 2.87. The van der Waals surface area contributed by atoms with Gasteiger partial charge in [0.25, 0.3) is 0 Å². The third-order valence-corrected chi connectivity index (χ3v) is 2.01. The molecule has 0 spiro atoms. The van der Waals surface area contributed by atoms with E-state index in [4.69, 9.17) is 15.2 Å². The normalized spacial score (nSPS) is 12.3. The number of benzene rings is 1. The summed E-state index contributed by atoms with van der Waals surface area (Å²) in [4.78, 5) is 0. The number of nitrogens with two attached hydrogens (primary N) is 1. The predicted octanol–water partition coefficient (Wildman–Crippen LogP) is 1.67. The van der Waals surface area contributed by atoms with Gasteiger partial charge < -0.3 is 15.2 Å². The van der Waals surface area contributed by atoms with Crippen molar-refractivity contribution in [2.45, 2.75) is 6.04 Å². The van der Waals surface area contributed by atoms with E-state index in [0.717, 1.165) is 0 Å². The first-order chi connectivity index (χ1) is 6.72. The highest BCUT2D eigenvalue weighted by atomic mass is 19.1. The Balaban J connectivity index is 3.04. The first kappa shape index (κ1) is 10.8. The maximum atomic E-state index is 12.4. The van der Waals surface area contributed by atoms with Gasteiger partial charge in [0, 0.05) is 11.6 Å². The number of ether oxygens (including phenoxy) is 2. The van der Waals surface area contributed by atoms with Crippen molar-refractivity contribution in [3.63, 3.8) is 0 Å². The molecule has 0 aromatic heterocycles. The van der Waals surface area contributed by atoms with Crippen LogP contribution in [0.5, 0.6) is 11.5 Å². The zero-order valence-corrected chi connectivity index (χ0v) is 8.29. The molecule has 1 aromatic carbocycles. The topological polar surface area (TPSA) is 44.5 Å². The Kier molecular flexibility index (Phi) is 3.71. The standard InChI is InChI=1S/C10H14FNO2/c1-13-7-3-4-8(9(12)6-11)10(5-7)14-2/h3-5,9H,6,12H2,1-2H3/t9-/m0/s1. The van der Waals surface area contributed by atoms with Crippen LogP contribution in [0.4, 0.5) is 4.39 Å². The van der Waals surface area contributed by atoms with Crippen molar-refractivity contribution in [3.8, 4) is 11.5 Å². The molecule has 1 rings (SSSR count). The van der Waals surface area contributed by atoms with Gasteiger partial charge in [0.2, 0.25) is 0 Å². The fourth-order valence-electron chi connectivity index (χ4n) is 1.21. The van der Waals surface area contributed by atoms with Crippen LogP contribution in [0.3, 0.4) is 0 Å². The van der Waals surface area contributed by atoms with Crippen molar-refractivity contribution in [2.24, 2.45) is 5.73 Å². The van der Waals surface area contributed by atoms with Gasteiger partial charge in [0.05, 0.1) is 20.3 Å². The van der Waals surface area contributed by atoms with Crippen LogP contribution in [0.15, 0.2) is 18.2 Å². The molecule has 0 bridgehead atoms. The molecule has 0 radical (unpaired) electrons. The van der Waals surface area contributed by atoms with E-state index in [-0.39, 0.29) is 0 Å². The van der Waals surface area contributed by atoms with Gasteiger partial charge in [-0.2, -0.15) is 0 Å². The van der Waals surface area contributed by atoms with Crippen molar-refractivity contribution in [2.75, 3.05) is 20.9 Å². The van der Waals surface area contributed by atoms with E-state index in [9.17, 15) is 4.39 Å². The molecule has 0 amide bonds. The lowest BCUT2D eigenvalue weighted by molar-refractivity contribution is 0.378. The van der Waals surface area contributed by atoms with Gasteiger partial charge in [-0.25, -0.2) is 4.39 Å². The second kappa shape index (κ2) is 4.81. The van der Waals surface area contributed by atoms with E-state index in [2.05, 4.69) is 0 Å². The number of hydrogen-bond donors (Lipinski definition) is 1. The zero-order valence-electron chi connectivity index (χ0n) is 8.29. The molecule has 1 aromatic rings. The van der Waals surface area contributed by atoms with E-state index in [1.165, 1.54) is 7.11 Å². The fourth-order valence-corrected chi connectivity index (χ4v) is 1.21. The summed E-state index contributed by atoms with van der Waals surface area (Å²) in [6.45, 7) is -0.608. The summed E-state index contributed by atoms with van der Waals surface area (Å²) in [6, 6.07) is 4.48. The molecule has 0 saturated heterocycles. The quantitative estimate of drug-likeness (QED) is 0.802. The van der Waals surface area contributed by atoms with Gasteiger partial charge in [-0.05, 0) is 12.1 Å². The summed E-state index contributed by atoms with van der Waals surface area (Å²) in [7, 11) is 3.08. The minimum atomic E-state index is -0.643. The van der Waals surface area contributed by atoms with Crippen LogP contribution in [0.25, 0.3) is 0 Å². The lowest BCUT2D eigenvalue weighted by atomic mass is 10.1. The zero-order chi connectivity index (χ0) is 10.6. The highest BCUT2D eigenvalue weighted by Gasteiger charge is 2.12. The lowest BCUT2D eigenvalue weighted by Gasteiger charge is -2.13. The van der Waals surface area contributed by atoms with Crippen molar-refractivity contribution in [3.05, 3.63) is 23.8 Å². The molecule has 0 heterocycles. The number of rotatable bonds is 4. The van der Waals surface area contributed by atoms with Gasteiger partial charge in [-0.15, -0.1) is 0 Å². The third-order valence-electron chi connectivity index (χ3n) is 2.01. The van der Waals surface area contributed by atoms with Gasteiger partial charge in [-0.1, -0.05) is 0 Å².